The highest BCUT2D eigenvalue weighted by atomic mass is 16.4. The van der Waals surface area contributed by atoms with Gasteiger partial charge in [-0.05, 0) is 43.5 Å². The number of likely N-dealkylation sites (tertiary alicyclic amines) is 1. The number of nitrogen functional groups attached to an aromatic ring is 1. The lowest BCUT2D eigenvalue weighted by atomic mass is 9.83. The highest BCUT2D eigenvalue weighted by Gasteiger charge is 2.45. The Balaban J connectivity index is 2.18. The van der Waals surface area contributed by atoms with Gasteiger partial charge in [-0.15, -0.1) is 0 Å². The molecule has 1 saturated heterocycles. The molecule has 1 fully saturated rings. The van der Waals surface area contributed by atoms with Crippen LogP contribution >= 0.6 is 0 Å². The Hall–Kier alpha value is -2.04. The van der Waals surface area contributed by atoms with Crippen LogP contribution in [-0.2, 0) is 4.79 Å². The lowest BCUT2D eigenvalue weighted by Crippen LogP contribution is -2.37. The van der Waals surface area contributed by atoms with Crippen LogP contribution < -0.4 is 5.73 Å². The second kappa shape index (κ2) is 5.76. The van der Waals surface area contributed by atoms with Gasteiger partial charge in [-0.3, -0.25) is 9.59 Å². The topological polar surface area (TPSA) is 83.6 Å². The molecule has 114 valence electrons. The number of carboxylic acids is 1. The minimum Gasteiger partial charge on any atom is -0.481 e. The van der Waals surface area contributed by atoms with Gasteiger partial charge in [0.1, 0.15) is 0 Å². The van der Waals surface area contributed by atoms with Crippen molar-refractivity contribution in [3.63, 3.8) is 0 Å². The van der Waals surface area contributed by atoms with Crippen LogP contribution in [0.3, 0.4) is 0 Å². The zero-order chi connectivity index (χ0) is 15.6. The summed E-state index contributed by atoms with van der Waals surface area (Å²) in [5, 5.41) is 9.49. The van der Waals surface area contributed by atoms with Crippen LogP contribution in [0.5, 0.6) is 0 Å². The molecule has 1 aromatic carbocycles. The van der Waals surface area contributed by atoms with Crippen LogP contribution in [0, 0.1) is 12.3 Å². The van der Waals surface area contributed by atoms with Crippen molar-refractivity contribution in [3.05, 3.63) is 29.3 Å². The van der Waals surface area contributed by atoms with Gasteiger partial charge in [-0.25, -0.2) is 0 Å². The van der Waals surface area contributed by atoms with E-state index in [1.54, 1.807) is 23.1 Å². The first-order valence-electron chi connectivity index (χ1n) is 7.28. The van der Waals surface area contributed by atoms with Gasteiger partial charge < -0.3 is 15.7 Å². The molecule has 21 heavy (non-hydrogen) atoms. The molecule has 0 radical (unpaired) electrons. The van der Waals surface area contributed by atoms with E-state index in [4.69, 9.17) is 5.73 Å². The van der Waals surface area contributed by atoms with Crippen molar-refractivity contribution in [2.24, 2.45) is 5.41 Å². The van der Waals surface area contributed by atoms with Gasteiger partial charge in [0.05, 0.1) is 5.41 Å². The maximum atomic E-state index is 12.5. The summed E-state index contributed by atoms with van der Waals surface area (Å²) in [6.45, 7) is 4.61. The van der Waals surface area contributed by atoms with Crippen molar-refractivity contribution in [2.75, 3.05) is 18.8 Å². The molecule has 1 aliphatic heterocycles. The predicted molar refractivity (Wildman–Crippen MR) is 81.1 cm³/mol. The number of carbonyl (C=O) groups excluding carboxylic acids is 1. The van der Waals surface area contributed by atoms with E-state index >= 15 is 0 Å². The number of rotatable bonds is 4. The van der Waals surface area contributed by atoms with E-state index in [2.05, 4.69) is 0 Å². The van der Waals surface area contributed by atoms with Crippen molar-refractivity contribution < 1.29 is 14.7 Å². The van der Waals surface area contributed by atoms with Crippen LogP contribution in [0.25, 0.3) is 0 Å². The molecule has 1 atom stereocenters. The van der Waals surface area contributed by atoms with Gasteiger partial charge in [0.2, 0.25) is 0 Å². The van der Waals surface area contributed by atoms with Crippen LogP contribution in [0.4, 0.5) is 5.69 Å². The van der Waals surface area contributed by atoms with Crippen molar-refractivity contribution in [1.29, 1.82) is 0 Å². The number of carbonyl (C=O) groups is 2. The summed E-state index contributed by atoms with van der Waals surface area (Å²) < 4.78 is 0. The first kappa shape index (κ1) is 15.4. The second-order valence-corrected chi connectivity index (χ2v) is 5.88. The Kier molecular flexibility index (Phi) is 4.21. The van der Waals surface area contributed by atoms with Crippen molar-refractivity contribution >= 4 is 17.6 Å². The van der Waals surface area contributed by atoms with E-state index in [0.717, 1.165) is 12.0 Å². The van der Waals surface area contributed by atoms with Crippen molar-refractivity contribution in [3.8, 4) is 0 Å². The standard InChI is InChI=1S/C16H22N2O3/c1-3-6-16(15(20)21)7-8-18(10-16)14(19)12-4-5-13(17)11(2)9-12/h4-5,9H,3,6-8,10,17H2,1-2H3,(H,20,21). The number of hydrogen-bond acceptors (Lipinski definition) is 3. The maximum Gasteiger partial charge on any atom is 0.311 e. The quantitative estimate of drug-likeness (QED) is 0.833. The predicted octanol–water partition coefficient (Wildman–Crippen LogP) is 2.29. The van der Waals surface area contributed by atoms with Crippen molar-refractivity contribution in [2.45, 2.75) is 33.1 Å². The molecule has 0 aliphatic carbocycles. The monoisotopic (exact) mass is 290 g/mol. The van der Waals surface area contributed by atoms with Crippen LogP contribution in [0.15, 0.2) is 18.2 Å². The molecule has 0 spiro atoms. The van der Waals surface area contributed by atoms with E-state index in [0.29, 0.717) is 37.2 Å². The smallest absolute Gasteiger partial charge is 0.311 e. The molecule has 5 nitrogen and oxygen atoms in total. The fourth-order valence-electron chi connectivity index (χ4n) is 3.00. The molecule has 3 N–H and O–H groups in total. The van der Waals surface area contributed by atoms with Gasteiger partial charge in [0.15, 0.2) is 0 Å². The van der Waals surface area contributed by atoms with E-state index in [9.17, 15) is 14.7 Å². The summed E-state index contributed by atoms with van der Waals surface area (Å²) in [6, 6.07) is 5.18. The molecule has 1 aromatic rings. The number of benzene rings is 1. The normalized spacial score (nSPS) is 21.5. The lowest BCUT2D eigenvalue weighted by Gasteiger charge is -2.24. The Morgan fingerprint density at radius 3 is 2.71 bits per heavy atom. The number of aliphatic carboxylic acids is 1. The summed E-state index contributed by atoms with van der Waals surface area (Å²) in [7, 11) is 0. The van der Waals surface area contributed by atoms with Gasteiger partial charge in [-0.1, -0.05) is 13.3 Å². The number of hydrogen-bond donors (Lipinski definition) is 2. The Bertz CT molecular complexity index is 571. The van der Waals surface area contributed by atoms with Gasteiger partial charge in [0, 0.05) is 24.3 Å². The average molecular weight is 290 g/mol. The number of nitrogens with zero attached hydrogens (tertiary/aromatic N) is 1. The molecule has 1 heterocycles. The third kappa shape index (κ3) is 2.86. The zero-order valence-corrected chi connectivity index (χ0v) is 12.6. The molecule has 0 aromatic heterocycles. The number of carboxylic acid groups (broad SMARTS) is 1. The molecule has 2 rings (SSSR count). The van der Waals surface area contributed by atoms with E-state index in [-0.39, 0.29) is 5.91 Å². The number of anilines is 1. The highest BCUT2D eigenvalue weighted by molar-refractivity contribution is 5.95. The molecular weight excluding hydrogens is 268 g/mol. The SMILES string of the molecule is CCCC1(C(=O)O)CCN(C(=O)c2ccc(N)c(C)c2)C1. The summed E-state index contributed by atoms with van der Waals surface area (Å²) in [5.74, 6) is -0.912. The fourth-order valence-corrected chi connectivity index (χ4v) is 3.00. The minimum atomic E-state index is -0.798. The molecule has 1 amide bonds. The maximum absolute atomic E-state index is 12.5. The third-order valence-corrected chi connectivity index (χ3v) is 4.34. The van der Waals surface area contributed by atoms with E-state index in [1.807, 2.05) is 13.8 Å². The first-order chi connectivity index (χ1) is 9.89. The zero-order valence-electron chi connectivity index (χ0n) is 12.6. The summed E-state index contributed by atoms with van der Waals surface area (Å²) in [5.41, 5.74) is 7.06. The summed E-state index contributed by atoms with van der Waals surface area (Å²) in [4.78, 5) is 25.7. The van der Waals surface area contributed by atoms with Crippen molar-refractivity contribution in [1.82, 2.24) is 4.90 Å². The lowest BCUT2D eigenvalue weighted by molar-refractivity contribution is -0.148. The average Bonchev–Trinajstić information content (AvgIpc) is 2.87. The van der Waals surface area contributed by atoms with Gasteiger partial charge in [0.25, 0.3) is 5.91 Å². The van der Waals surface area contributed by atoms with Crippen LogP contribution in [-0.4, -0.2) is 35.0 Å². The van der Waals surface area contributed by atoms with Gasteiger partial charge in [-0.2, -0.15) is 0 Å². The molecular formula is C16H22N2O3. The summed E-state index contributed by atoms with van der Waals surface area (Å²) in [6.07, 6.45) is 1.93. The molecule has 1 aliphatic rings. The third-order valence-electron chi connectivity index (χ3n) is 4.34. The number of aryl methyl sites for hydroxylation is 1. The Morgan fingerprint density at radius 1 is 1.43 bits per heavy atom. The van der Waals surface area contributed by atoms with E-state index < -0.39 is 11.4 Å². The molecule has 0 bridgehead atoms. The van der Waals surface area contributed by atoms with Gasteiger partial charge >= 0.3 is 5.97 Å². The number of amides is 1. The molecule has 0 saturated carbocycles. The van der Waals surface area contributed by atoms with Crippen LogP contribution in [0.1, 0.15) is 42.1 Å². The van der Waals surface area contributed by atoms with Crippen LogP contribution in [0.2, 0.25) is 0 Å². The Labute approximate surface area is 124 Å². The first-order valence-corrected chi connectivity index (χ1v) is 7.28. The fraction of sp³-hybridized carbons (Fsp3) is 0.500. The molecule has 1 unspecified atom stereocenters. The van der Waals surface area contributed by atoms with E-state index in [1.165, 1.54) is 0 Å². The second-order valence-electron chi connectivity index (χ2n) is 5.88. The minimum absolute atomic E-state index is 0.114. The largest absolute Gasteiger partial charge is 0.481 e. The number of nitrogens with two attached hydrogens (primary N) is 1. The Morgan fingerprint density at radius 2 is 2.14 bits per heavy atom. The summed E-state index contributed by atoms with van der Waals surface area (Å²) >= 11 is 0. The molecule has 5 heteroatoms. The highest BCUT2D eigenvalue weighted by Crippen LogP contribution is 2.36.